The van der Waals surface area contributed by atoms with Crippen LogP contribution in [0.25, 0.3) is 0 Å². The summed E-state index contributed by atoms with van der Waals surface area (Å²) in [5.74, 6) is 1.41. The van der Waals surface area contributed by atoms with E-state index in [2.05, 4.69) is 25.8 Å². The average Bonchev–Trinajstić information content (AvgIpc) is 2.57. The molecule has 1 aliphatic carbocycles. The van der Waals surface area contributed by atoms with E-state index in [-0.39, 0.29) is 0 Å². The summed E-state index contributed by atoms with van der Waals surface area (Å²) in [6.45, 7) is 8.86. The van der Waals surface area contributed by atoms with Gasteiger partial charge in [0.05, 0.1) is 6.61 Å². The predicted octanol–water partition coefficient (Wildman–Crippen LogP) is 2.11. The van der Waals surface area contributed by atoms with Gasteiger partial charge in [-0.25, -0.2) is 0 Å². The molecule has 2 fully saturated rings. The summed E-state index contributed by atoms with van der Waals surface area (Å²) in [5, 5.41) is 0. The molecule has 2 rings (SSSR count). The molecule has 3 heteroatoms. The molecular formula is C15H30N2O. The highest BCUT2D eigenvalue weighted by Gasteiger charge is 2.39. The zero-order valence-corrected chi connectivity index (χ0v) is 12.3. The number of nitrogens with zero attached hydrogens (tertiary/aromatic N) is 1. The van der Waals surface area contributed by atoms with Crippen LogP contribution < -0.4 is 5.73 Å². The molecular weight excluding hydrogens is 224 g/mol. The summed E-state index contributed by atoms with van der Waals surface area (Å²) >= 11 is 0. The molecule has 1 aliphatic heterocycles. The molecule has 0 radical (unpaired) electrons. The normalized spacial score (nSPS) is 36.2. The highest BCUT2D eigenvalue weighted by Crippen LogP contribution is 2.40. The van der Waals surface area contributed by atoms with Gasteiger partial charge in [-0.15, -0.1) is 0 Å². The maximum Gasteiger partial charge on any atom is 0.0506 e. The van der Waals surface area contributed by atoms with Crippen molar-refractivity contribution in [2.75, 3.05) is 33.4 Å². The lowest BCUT2D eigenvalue weighted by molar-refractivity contribution is 0.0397. The molecule has 0 spiro atoms. The molecule has 3 unspecified atom stereocenters. The van der Waals surface area contributed by atoms with E-state index in [4.69, 9.17) is 10.5 Å². The van der Waals surface area contributed by atoms with Crippen LogP contribution in [0.3, 0.4) is 0 Å². The van der Waals surface area contributed by atoms with E-state index in [1.165, 1.54) is 32.2 Å². The average molecular weight is 254 g/mol. The highest BCUT2D eigenvalue weighted by atomic mass is 16.5. The van der Waals surface area contributed by atoms with Gasteiger partial charge in [0.2, 0.25) is 0 Å². The minimum Gasteiger partial charge on any atom is -0.381 e. The van der Waals surface area contributed by atoms with Crippen LogP contribution in [0.15, 0.2) is 0 Å². The van der Waals surface area contributed by atoms with Gasteiger partial charge in [0.25, 0.3) is 0 Å². The quantitative estimate of drug-likeness (QED) is 0.835. The van der Waals surface area contributed by atoms with E-state index < -0.39 is 0 Å². The first kappa shape index (κ1) is 14.3. The topological polar surface area (TPSA) is 38.5 Å². The fraction of sp³-hybridized carbons (Fsp3) is 1.00. The Labute approximate surface area is 112 Å². The summed E-state index contributed by atoms with van der Waals surface area (Å²) in [6.07, 6.45) is 5.12. The lowest BCUT2D eigenvalue weighted by atomic mass is 9.85. The smallest absolute Gasteiger partial charge is 0.0506 e. The molecule has 3 atom stereocenters. The summed E-state index contributed by atoms with van der Waals surface area (Å²) in [5.41, 5.74) is 6.72. The van der Waals surface area contributed by atoms with E-state index in [9.17, 15) is 0 Å². The van der Waals surface area contributed by atoms with Crippen molar-refractivity contribution in [3.05, 3.63) is 0 Å². The molecule has 0 amide bonds. The Morgan fingerprint density at radius 2 is 2.06 bits per heavy atom. The van der Waals surface area contributed by atoms with Crippen molar-refractivity contribution in [2.24, 2.45) is 23.0 Å². The van der Waals surface area contributed by atoms with E-state index in [1.807, 2.05) is 0 Å². The number of hydrogen-bond donors (Lipinski definition) is 1. The third kappa shape index (κ3) is 3.46. The minimum absolute atomic E-state index is 0.333. The molecule has 18 heavy (non-hydrogen) atoms. The second-order valence-corrected chi connectivity index (χ2v) is 7.12. The van der Waals surface area contributed by atoms with Crippen LogP contribution in [0.2, 0.25) is 0 Å². The SMILES string of the molecule is CN(CC1CCCOC1)CC1CCC(C)(C)C1N. The fourth-order valence-electron chi connectivity index (χ4n) is 3.61. The monoisotopic (exact) mass is 254 g/mol. The van der Waals surface area contributed by atoms with E-state index in [0.717, 1.165) is 25.7 Å². The van der Waals surface area contributed by atoms with Crippen LogP contribution in [0.1, 0.15) is 39.5 Å². The summed E-state index contributed by atoms with van der Waals surface area (Å²) in [6, 6.07) is 0.363. The van der Waals surface area contributed by atoms with E-state index in [1.54, 1.807) is 0 Å². The molecule has 2 N–H and O–H groups in total. The third-order valence-electron chi connectivity index (χ3n) is 4.94. The van der Waals surface area contributed by atoms with Gasteiger partial charge in [0.15, 0.2) is 0 Å². The van der Waals surface area contributed by atoms with Gasteiger partial charge < -0.3 is 15.4 Å². The van der Waals surface area contributed by atoms with Gasteiger partial charge in [-0.1, -0.05) is 13.8 Å². The minimum atomic E-state index is 0.333. The molecule has 3 nitrogen and oxygen atoms in total. The molecule has 1 heterocycles. The first-order valence-electron chi connectivity index (χ1n) is 7.51. The van der Waals surface area contributed by atoms with Gasteiger partial charge in [-0.2, -0.15) is 0 Å². The van der Waals surface area contributed by atoms with Crippen LogP contribution >= 0.6 is 0 Å². The molecule has 2 aliphatic rings. The Bertz CT molecular complexity index is 261. The van der Waals surface area contributed by atoms with Crippen molar-refractivity contribution in [1.29, 1.82) is 0 Å². The first-order chi connectivity index (χ1) is 8.49. The Balaban J connectivity index is 1.75. The second-order valence-electron chi connectivity index (χ2n) is 7.12. The highest BCUT2D eigenvalue weighted by molar-refractivity contribution is 4.95. The van der Waals surface area contributed by atoms with E-state index in [0.29, 0.717) is 17.4 Å². The molecule has 106 valence electrons. The summed E-state index contributed by atoms with van der Waals surface area (Å²) in [7, 11) is 2.24. The fourth-order valence-corrected chi connectivity index (χ4v) is 3.61. The van der Waals surface area contributed by atoms with Gasteiger partial charge >= 0.3 is 0 Å². The third-order valence-corrected chi connectivity index (χ3v) is 4.94. The Morgan fingerprint density at radius 1 is 1.28 bits per heavy atom. The standard InChI is InChI=1S/C15H30N2O/c1-15(2)7-6-13(14(15)16)10-17(3)9-12-5-4-8-18-11-12/h12-14H,4-11,16H2,1-3H3. The van der Waals surface area contributed by atoms with Crippen molar-refractivity contribution < 1.29 is 4.74 Å². The van der Waals surface area contributed by atoms with Crippen molar-refractivity contribution in [3.63, 3.8) is 0 Å². The van der Waals surface area contributed by atoms with Crippen LogP contribution in [0.4, 0.5) is 0 Å². The number of ether oxygens (including phenoxy) is 1. The lowest BCUT2D eigenvalue weighted by Gasteiger charge is -2.32. The lowest BCUT2D eigenvalue weighted by Crippen LogP contribution is -2.42. The Morgan fingerprint density at radius 3 is 2.61 bits per heavy atom. The Hall–Kier alpha value is -0.120. The molecule has 0 aromatic heterocycles. The van der Waals surface area contributed by atoms with Crippen LogP contribution in [-0.4, -0.2) is 44.3 Å². The maximum atomic E-state index is 6.39. The van der Waals surface area contributed by atoms with Gasteiger partial charge in [0.1, 0.15) is 0 Å². The van der Waals surface area contributed by atoms with Gasteiger partial charge in [-0.05, 0) is 50.0 Å². The predicted molar refractivity (Wildman–Crippen MR) is 75.5 cm³/mol. The molecule has 0 aromatic rings. The largest absolute Gasteiger partial charge is 0.381 e. The Kier molecular flexibility index (Phi) is 4.68. The van der Waals surface area contributed by atoms with Gasteiger partial charge in [-0.3, -0.25) is 0 Å². The zero-order chi connectivity index (χ0) is 13.2. The van der Waals surface area contributed by atoms with Crippen molar-refractivity contribution in [1.82, 2.24) is 4.90 Å². The first-order valence-corrected chi connectivity index (χ1v) is 7.51. The zero-order valence-electron chi connectivity index (χ0n) is 12.3. The van der Waals surface area contributed by atoms with Crippen LogP contribution in [0, 0.1) is 17.3 Å². The van der Waals surface area contributed by atoms with Crippen LogP contribution in [-0.2, 0) is 4.74 Å². The van der Waals surface area contributed by atoms with Gasteiger partial charge in [0, 0.05) is 25.7 Å². The molecule has 1 saturated carbocycles. The van der Waals surface area contributed by atoms with E-state index >= 15 is 0 Å². The number of rotatable bonds is 4. The van der Waals surface area contributed by atoms with Crippen molar-refractivity contribution in [3.8, 4) is 0 Å². The maximum absolute atomic E-state index is 6.39. The van der Waals surface area contributed by atoms with Crippen molar-refractivity contribution >= 4 is 0 Å². The van der Waals surface area contributed by atoms with Crippen molar-refractivity contribution in [2.45, 2.75) is 45.6 Å². The van der Waals surface area contributed by atoms with Crippen LogP contribution in [0.5, 0.6) is 0 Å². The number of hydrogen-bond acceptors (Lipinski definition) is 3. The molecule has 0 bridgehead atoms. The summed E-state index contributed by atoms with van der Waals surface area (Å²) < 4.78 is 5.56. The number of nitrogens with two attached hydrogens (primary N) is 1. The molecule has 0 aromatic carbocycles. The molecule has 1 saturated heterocycles. The second kappa shape index (κ2) is 5.89. The summed E-state index contributed by atoms with van der Waals surface area (Å²) in [4.78, 5) is 2.48.